The number of nitrogens with one attached hydrogen (secondary N) is 1. The highest BCUT2D eigenvalue weighted by Gasteiger charge is 2.32. The number of aromatic amines is 1. The van der Waals surface area contributed by atoms with E-state index in [9.17, 15) is 18.0 Å². The molecule has 0 unspecified atom stereocenters. The topological polar surface area (TPSA) is 47.0 Å². The summed E-state index contributed by atoms with van der Waals surface area (Å²) >= 11 is 4.89. The highest BCUT2D eigenvalue weighted by atomic mass is 32.1. The van der Waals surface area contributed by atoms with Gasteiger partial charge in [-0.05, 0) is 24.4 Å². The Morgan fingerprint density at radius 3 is 2.53 bits per heavy atom. The maximum atomic E-state index is 12.3. The van der Waals surface area contributed by atoms with Crippen LogP contribution < -0.4 is 10.3 Å². The Labute approximate surface area is 110 Å². The van der Waals surface area contributed by atoms with Gasteiger partial charge in [-0.15, -0.1) is 13.2 Å². The summed E-state index contributed by atoms with van der Waals surface area (Å²) in [5.74, 6) is -0.404. The molecule has 0 spiro atoms. The minimum Gasteiger partial charge on any atom is -0.404 e. The molecule has 1 N–H and O–H groups in total. The van der Waals surface area contributed by atoms with Gasteiger partial charge < -0.3 is 4.74 Å². The van der Waals surface area contributed by atoms with Crippen LogP contribution in [0.4, 0.5) is 13.2 Å². The van der Waals surface area contributed by atoms with Gasteiger partial charge in [0.25, 0.3) is 5.56 Å². The molecule has 19 heavy (non-hydrogen) atoms. The molecule has 1 aromatic heterocycles. The monoisotopic (exact) mass is 288 g/mol. The van der Waals surface area contributed by atoms with Crippen molar-refractivity contribution in [1.82, 2.24) is 9.55 Å². The number of benzene rings is 1. The molecule has 8 heteroatoms. The minimum atomic E-state index is -4.81. The van der Waals surface area contributed by atoms with E-state index in [1.54, 1.807) is 0 Å². The fourth-order valence-corrected chi connectivity index (χ4v) is 1.73. The molecule has 0 aliphatic carbocycles. The Kier molecular flexibility index (Phi) is 3.43. The van der Waals surface area contributed by atoms with E-state index in [4.69, 9.17) is 12.2 Å². The number of hydrogen-bond donors (Lipinski definition) is 1. The van der Waals surface area contributed by atoms with Crippen LogP contribution in [0.5, 0.6) is 5.75 Å². The number of hydrogen-bond acceptors (Lipinski definition) is 3. The van der Waals surface area contributed by atoms with Crippen molar-refractivity contribution in [2.45, 2.75) is 6.36 Å². The number of aromatic nitrogens is 2. The van der Waals surface area contributed by atoms with Gasteiger partial charge in [-0.3, -0.25) is 14.3 Å². The highest BCUT2D eigenvalue weighted by molar-refractivity contribution is 7.71. The Morgan fingerprint density at radius 1 is 1.21 bits per heavy atom. The van der Waals surface area contributed by atoms with E-state index in [1.165, 1.54) is 29.0 Å². The summed E-state index contributed by atoms with van der Waals surface area (Å²) in [4.78, 5) is 13.4. The van der Waals surface area contributed by atoms with Crippen molar-refractivity contribution in [3.8, 4) is 11.4 Å². The van der Waals surface area contributed by atoms with Crippen molar-refractivity contribution >= 4 is 12.2 Å². The molecule has 2 aromatic rings. The average molecular weight is 288 g/mol. The molecule has 4 nitrogen and oxygen atoms in total. The number of alkyl halides is 3. The standard InChI is InChI=1S/C11H7F3N2O2S/c12-11(13,14)18-8-4-2-1-3-7(8)16-6-5-9(17)15-10(16)19/h1-6H,(H,15,17,19). The largest absolute Gasteiger partial charge is 0.573 e. The van der Waals surface area contributed by atoms with Gasteiger partial charge in [-0.2, -0.15) is 0 Å². The molecule has 2 rings (SSSR count). The van der Waals surface area contributed by atoms with E-state index in [1.807, 2.05) is 0 Å². The van der Waals surface area contributed by atoms with Gasteiger partial charge in [-0.1, -0.05) is 12.1 Å². The van der Waals surface area contributed by atoms with Crippen LogP contribution in [-0.4, -0.2) is 15.9 Å². The summed E-state index contributed by atoms with van der Waals surface area (Å²) in [7, 11) is 0. The highest BCUT2D eigenvalue weighted by Crippen LogP contribution is 2.28. The van der Waals surface area contributed by atoms with E-state index in [2.05, 4.69) is 9.72 Å². The Morgan fingerprint density at radius 2 is 1.89 bits per heavy atom. The van der Waals surface area contributed by atoms with Gasteiger partial charge in [0, 0.05) is 12.3 Å². The zero-order chi connectivity index (χ0) is 14.0. The Hall–Kier alpha value is -2.09. The molecule has 0 aliphatic rings. The third kappa shape index (κ3) is 3.22. The van der Waals surface area contributed by atoms with E-state index >= 15 is 0 Å². The molecule has 0 saturated heterocycles. The second-order valence-corrected chi connectivity index (χ2v) is 3.88. The van der Waals surface area contributed by atoms with Gasteiger partial charge in [0.15, 0.2) is 10.5 Å². The summed E-state index contributed by atoms with van der Waals surface area (Å²) in [6.45, 7) is 0. The first-order valence-corrected chi connectivity index (χ1v) is 5.45. The van der Waals surface area contributed by atoms with Crippen LogP contribution in [-0.2, 0) is 0 Å². The zero-order valence-corrected chi connectivity index (χ0v) is 10.1. The number of halogens is 3. The second kappa shape index (κ2) is 4.88. The van der Waals surface area contributed by atoms with E-state index in [-0.39, 0.29) is 10.5 Å². The third-order valence-corrected chi connectivity index (χ3v) is 2.47. The molecule has 0 atom stereocenters. The second-order valence-electron chi connectivity index (χ2n) is 3.50. The molecule has 0 saturated carbocycles. The van der Waals surface area contributed by atoms with Crippen molar-refractivity contribution < 1.29 is 17.9 Å². The van der Waals surface area contributed by atoms with Crippen molar-refractivity contribution in [3.05, 3.63) is 51.7 Å². The molecule has 100 valence electrons. The van der Waals surface area contributed by atoms with Crippen LogP contribution >= 0.6 is 12.2 Å². The number of rotatable bonds is 2. The summed E-state index contributed by atoms with van der Waals surface area (Å²) in [6, 6.07) is 6.65. The lowest BCUT2D eigenvalue weighted by atomic mass is 10.3. The predicted molar refractivity (Wildman–Crippen MR) is 63.9 cm³/mol. The van der Waals surface area contributed by atoms with Gasteiger partial charge in [0.05, 0.1) is 5.69 Å². The fourth-order valence-electron chi connectivity index (χ4n) is 1.47. The molecule has 0 fully saturated rings. The van der Waals surface area contributed by atoms with Crippen molar-refractivity contribution in [2.75, 3.05) is 0 Å². The maximum absolute atomic E-state index is 12.3. The lowest BCUT2D eigenvalue weighted by molar-refractivity contribution is -0.274. The van der Waals surface area contributed by atoms with E-state index in [0.29, 0.717) is 0 Å². The van der Waals surface area contributed by atoms with Crippen LogP contribution in [0.2, 0.25) is 0 Å². The normalized spacial score (nSPS) is 11.3. The van der Waals surface area contributed by atoms with Crippen LogP contribution in [0.25, 0.3) is 5.69 Å². The molecular formula is C11H7F3N2O2S. The van der Waals surface area contributed by atoms with Gasteiger partial charge in [-0.25, -0.2) is 0 Å². The summed E-state index contributed by atoms with van der Waals surface area (Å²) in [5, 5.41) is 0. The molecule has 0 amide bonds. The molecule has 0 radical (unpaired) electrons. The average Bonchev–Trinajstić information content (AvgIpc) is 2.28. The lowest BCUT2D eigenvalue weighted by Gasteiger charge is -2.14. The zero-order valence-electron chi connectivity index (χ0n) is 9.27. The number of ether oxygens (including phenoxy) is 1. The van der Waals surface area contributed by atoms with Crippen LogP contribution in [0.1, 0.15) is 0 Å². The smallest absolute Gasteiger partial charge is 0.404 e. The van der Waals surface area contributed by atoms with Crippen molar-refractivity contribution in [3.63, 3.8) is 0 Å². The quantitative estimate of drug-likeness (QED) is 0.864. The number of nitrogens with zero attached hydrogens (tertiary/aromatic N) is 1. The van der Waals surface area contributed by atoms with Gasteiger partial charge >= 0.3 is 6.36 Å². The lowest BCUT2D eigenvalue weighted by Crippen LogP contribution is -2.19. The first-order valence-electron chi connectivity index (χ1n) is 5.04. The molecule has 1 heterocycles. The first-order chi connectivity index (χ1) is 8.87. The van der Waals surface area contributed by atoms with E-state index < -0.39 is 17.7 Å². The van der Waals surface area contributed by atoms with Crippen molar-refractivity contribution in [1.29, 1.82) is 0 Å². The van der Waals surface area contributed by atoms with Gasteiger partial charge in [0.1, 0.15) is 0 Å². The van der Waals surface area contributed by atoms with Crippen LogP contribution in [0.15, 0.2) is 41.3 Å². The van der Waals surface area contributed by atoms with E-state index in [0.717, 1.165) is 12.1 Å². The maximum Gasteiger partial charge on any atom is 0.573 e. The minimum absolute atomic E-state index is 0.0225. The van der Waals surface area contributed by atoms with Crippen LogP contribution in [0, 0.1) is 4.77 Å². The Balaban J connectivity index is 2.56. The summed E-state index contributed by atoms with van der Waals surface area (Å²) in [6.07, 6.45) is -3.53. The molecule has 1 aromatic carbocycles. The van der Waals surface area contributed by atoms with Crippen molar-refractivity contribution in [2.24, 2.45) is 0 Å². The predicted octanol–water partition coefficient (Wildman–Crippen LogP) is 2.79. The number of para-hydroxylation sites is 2. The SMILES string of the molecule is O=c1ccn(-c2ccccc2OC(F)(F)F)c(=S)[nH]1. The molecule has 0 bridgehead atoms. The Bertz CT molecular complexity index is 706. The van der Waals surface area contributed by atoms with Crippen LogP contribution in [0.3, 0.4) is 0 Å². The fraction of sp³-hybridized carbons (Fsp3) is 0.0909. The van der Waals surface area contributed by atoms with Gasteiger partial charge in [0.2, 0.25) is 0 Å². The first kappa shape index (κ1) is 13.3. The number of H-pyrrole nitrogens is 1. The molecule has 0 aliphatic heterocycles. The summed E-state index contributed by atoms with van der Waals surface area (Å²) < 4.78 is 42.0. The third-order valence-electron chi connectivity index (χ3n) is 2.17. The molecular weight excluding hydrogens is 281 g/mol. The summed E-state index contributed by atoms with van der Waals surface area (Å²) in [5.41, 5.74) is -0.350.